The number of carbonyl (C=O) groups excluding carboxylic acids is 1. The third-order valence-electron chi connectivity index (χ3n) is 3.05. The number of likely N-dealkylation sites (N-methyl/N-ethyl adjacent to an activating group) is 1. The van der Waals surface area contributed by atoms with Crippen LogP contribution in [0.25, 0.3) is 11.1 Å². The van der Waals surface area contributed by atoms with Crippen LogP contribution >= 0.6 is 0 Å². The van der Waals surface area contributed by atoms with Crippen molar-refractivity contribution in [1.29, 1.82) is 0 Å². The Kier molecular flexibility index (Phi) is 4.38. The zero-order valence-corrected chi connectivity index (χ0v) is 11.9. The molecule has 3 nitrogen and oxygen atoms in total. The molecule has 0 aliphatic carbocycles. The molecule has 0 spiro atoms. The topological polar surface area (TPSA) is 38.3 Å². The van der Waals surface area contributed by atoms with Gasteiger partial charge in [-0.3, -0.25) is 0 Å². The monoisotopic (exact) mass is 285 g/mol. The normalized spacial score (nSPS) is 10.0. The minimum absolute atomic E-state index is 0.170. The maximum Gasteiger partial charge on any atom is 0.359 e. The van der Waals surface area contributed by atoms with Gasteiger partial charge in [-0.1, -0.05) is 30.8 Å². The van der Waals surface area contributed by atoms with Crippen molar-refractivity contribution in [3.63, 3.8) is 0 Å². The van der Waals surface area contributed by atoms with Gasteiger partial charge in [0.1, 0.15) is 17.3 Å². The third kappa shape index (κ3) is 3.48. The van der Waals surface area contributed by atoms with Gasteiger partial charge in [-0.15, -0.1) is 0 Å². The lowest BCUT2D eigenvalue weighted by Crippen LogP contribution is -2.19. The highest BCUT2D eigenvalue weighted by Gasteiger charge is 2.09. The summed E-state index contributed by atoms with van der Waals surface area (Å²) >= 11 is 0. The smallest absolute Gasteiger partial charge is 0.359 e. The lowest BCUT2D eigenvalue weighted by molar-refractivity contribution is -0.130. The predicted octanol–water partition coefficient (Wildman–Crippen LogP) is 3.44. The van der Waals surface area contributed by atoms with Gasteiger partial charge in [0.15, 0.2) is 0 Å². The van der Waals surface area contributed by atoms with Gasteiger partial charge in [0.2, 0.25) is 0 Å². The summed E-state index contributed by atoms with van der Waals surface area (Å²) in [6.07, 6.45) is 0. The molecule has 0 fully saturated rings. The fourth-order valence-corrected chi connectivity index (χ4v) is 1.83. The predicted molar refractivity (Wildman–Crippen MR) is 80.4 cm³/mol. The van der Waals surface area contributed by atoms with Crippen LogP contribution in [0.5, 0.6) is 5.75 Å². The molecule has 1 N–H and O–H groups in total. The number of halogens is 1. The fourth-order valence-electron chi connectivity index (χ4n) is 1.83. The molecule has 2 aromatic rings. The number of nitrogens with one attached hydrogen (secondary N) is 1. The largest absolute Gasteiger partial charge is 0.422 e. The first-order valence-corrected chi connectivity index (χ1v) is 6.46. The van der Waals surface area contributed by atoms with Crippen molar-refractivity contribution in [2.75, 3.05) is 7.05 Å². The van der Waals surface area contributed by atoms with Crippen LogP contribution in [0.2, 0.25) is 0 Å². The first kappa shape index (κ1) is 14.8. The first-order valence-electron chi connectivity index (χ1n) is 6.46. The highest BCUT2D eigenvalue weighted by molar-refractivity contribution is 5.88. The summed E-state index contributed by atoms with van der Waals surface area (Å²) in [4.78, 5) is 11.5. The van der Waals surface area contributed by atoms with Crippen molar-refractivity contribution in [1.82, 2.24) is 5.32 Å². The van der Waals surface area contributed by atoms with E-state index in [1.165, 1.54) is 6.07 Å². The van der Waals surface area contributed by atoms with Gasteiger partial charge in [0.25, 0.3) is 0 Å². The summed E-state index contributed by atoms with van der Waals surface area (Å²) in [5.74, 6) is -0.442. The van der Waals surface area contributed by atoms with Crippen molar-refractivity contribution < 1.29 is 13.9 Å². The molecule has 108 valence electrons. The second kappa shape index (κ2) is 6.22. The Bertz CT molecular complexity index is 678. The van der Waals surface area contributed by atoms with Crippen LogP contribution < -0.4 is 10.1 Å². The first-order chi connectivity index (χ1) is 10.0. The molecule has 4 heteroatoms. The van der Waals surface area contributed by atoms with Crippen molar-refractivity contribution in [2.24, 2.45) is 0 Å². The van der Waals surface area contributed by atoms with Crippen LogP contribution in [0.1, 0.15) is 5.56 Å². The van der Waals surface area contributed by atoms with Gasteiger partial charge in [0, 0.05) is 12.6 Å². The number of hydrogen-bond acceptors (Lipinski definition) is 3. The van der Waals surface area contributed by atoms with Crippen molar-refractivity contribution in [3.05, 3.63) is 66.1 Å². The van der Waals surface area contributed by atoms with E-state index < -0.39 is 5.97 Å². The van der Waals surface area contributed by atoms with Crippen LogP contribution in [0.4, 0.5) is 4.39 Å². The number of aryl methyl sites for hydroxylation is 1. The van der Waals surface area contributed by atoms with Gasteiger partial charge in [0.05, 0.1) is 0 Å². The zero-order chi connectivity index (χ0) is 15.4. The molecule has 2 aromatic carbocycles. The average Bonchev–Trinajstić information content (AvgIpc) is 2.47. The molecule has 0 amide bonds. The number of rotatable bonds is 4. The maximum atomic E-state index is 13.9. The SMILES string of the molecule is C=C(NC)C(=O)Oc1ccc(-c2ccc(C)cc2F)cc1. The number of esters is 1. The molecule has 0 aliphatic heterocycles. The van der Waals surface area contributed by atoms with Crippen molar-refractivity contribution >= 4 is 5.97 Å². The molecular formula is C17H16FNO2. The third-order valence-corrected chi connectivity index (χ3v) is 3.05. The van der Waals surface area contributed by atoms with Crippen LogP contribution in [0.15, 0.2) is 54.7 Å². The fraction of sp³-hybridized carbons (Fsp3) is 0.118. The molecule has 0 aliphatic rings. The van der Waals surface area contributed by atoms with E-state index in [0.29, 0.717) is 11.3 Å². The second-order valence-electron chi connectivity index (χ2n) is 4.63. The molecule has 0 bridgehead atoms. The lowest BCUT2D eigenvalue weighted by atomic mass is 10.0. The molecule has 0 saturated carbocycles. The van der Waals surface area contributed by atoms with Crippen LogP contribution in [-0.4, -0.2) is 13.0 Å². The number of hydrogen-bond donors (Lipinski definition) is 1. The maximum absolute atomic E-state index is 13.9. The summed E-state index contributed by atoms with van der Waals surface area (Å²) < 4.78 is 19.0. The molecule has 21 heavy (non-hydrogen) atoms. The highest BCUT2D eigenvalue weighted by Crippen LogP contribution is 2.25. The van der Waals surface area contributed by atoms with Gasteiger partial charge in [-0.2, -0.15) is 0 Å². The minimum Gasteiger partial charge on any atom is -0.422 e. The zero-order valence-electron chi connectivity index (χ0n) is 11.9. The van der Waals surface area contributed by atoms with E-state index in [2.05, 4.69) is 11.9 Å². The summed E-state index contributed by atoms with van der Waals surface area (Å²) in [5, 5.41) is 2.62. The lowest BCUT2D eigenvalue weighted by Gasteiger charge is -2.08. The summed E-state index contributed by atoms with van der Waals surface area (Å²) in [6.45, 7) is 5.36. The van der Waals surface area contributed by atoms with Gasteiger partial charge in [-0.25, -0.2) is 9.18 Å². The number of benzene rings is 2. The quantitative estimate of drug-likeness (QED) is 0.531. The van der Waals surface area contributed by atoms with Gasteiger partial charge < -0.3 is 10.1 Å². The summed E-state index contributed by atoms with van der Waals surface area (Å²) in [7, 11) is 1.59. The Hall–Kier alpha value is -2.62. The van der Waals surface area contributed by atoms with E-state index in [1.54, 1.807) is 37.4 Å². The standard InChI is InChI=1S/C17H16FNO2/c1-11-4-9-15(16(18)10-11)13-5-7-14(8-6-13)21-17(20)12(2)19-3/h4-10,19H,2H2,1,3H3. The van der Waals surface area contributed by atoms with Crippen LogP contribution in [0, 0.1) is 12.7 Å². The molecule has 2 rings (SSSR count). The van der Waals surface area contributed by atoms with E-state index in [0.717, 1.165) is 11.1 Å². The van der Waals surface area contributed by atoms with Crippen LogP contribution in [0.3, 0.4) is 0 Å². The Balaban J connectivity index is 2.19. The molecule has 0 radical (unpaired) electrons. The Morgan fingerprint density at radius 2 is 1.86 bits per heavy atom. The molecule has 0 saturated heterocycles. The van der Waals surface area contributed by atoms with E-state index >= 15 is 0 Å². The van der Waals surface area contributed by atoms with E-state index in [1.807, 2.05) is 13.0 Å². The highest BCUT2D eigenvalue weighted by atomic mass is 19.1. The van der Waals surface area contributed by atoms with Gasteiger partial charge in [-0.05, 0) is 36.2 Å². The molecule has 0 unspecified atom stereocenters. The Morgan fingerprint density at radius 3 is 2.43 bits per heavy atom. The number of ether oxygens (including phenoxy) is 1. The Labute approximate surface area is 123 Å². The molecular weight excluding hydrogens is 269 g/mol. The molecule has 0 heterocycles. The van der Waals surface area contributed by atoms with Crippen LogP contribution in [-0.2, 0) is 4.79 Å². The van der Waals surface area contributed by atoms with Gasteiger partial charge >= 0.3 is 5.97 Å². The van der Waals surface area contributed by atoms with Crippen molar-refractivity contribution in [3.8, 4) is 16.9 Å². The minimum atomic E-state index is -0.549. The Morgan fingerprint density at radius 1 is 1.19 bits per heavy atom. The number of carbonyl (C=O) groups is 1. The van der Waals surface area contributed by atoms with E-state index in [9.17, 15) is 9.18 Å². The average molecular weight is 285 g/mol. The van der Waals surface area contributed by atoms with E-state index in [4.69, 9.17) is 4.74 Å². The molecule has 0 atom stereocenters. The van der Waals surface area contributed by atoms with Crippen molar-refractivity contribution in [2.45, 2.75) is 6.92 Å². The van der Waals surface area contributed by atoms with E-state index in [-0.39, 0.29) is 11.5 Å². The summed E-state index contributed by atoms with van der Waals surface area (Å²) in [6, 6.07) is 11.7. The summed E-state index contributed by atoms with van der Waals surface area (Å²) in [5.41, 5.74) is 2.27. The second-order valence-corrected chi connectivity index (χ2v) is 4.63. The molecule has 0 aromatic heterocycles.